The van der Waals surface area contributed by atoms with Gasteiger partial charge in [-0.1, -0.05) is 111 Å². The first-order valence-corrected chi connectivity index (χ1v) is 8.81. The molecule has 2 rings (SSSR count). The molecule has 0 N–H and O–H groups in total. The summed E-state index contributed by atoms with van der Waals surface area (Å²) < 4.78 is 0. The van der Waals surface area contributed by atoms with E-state index in [1.165, 1.54) is 89.9 Å². The summed E-state index contributed by atoms with van der Waals surface area (Å²) >= 11 is 0. The van der Waals surface area contributed by atoms with Crippen molar-refractivity contribution in [3.63, 3.8) is 0 Å². The third kappa shape index (κ3) is 14.1. The van der Waals surface area contributed by atoms with Crippen LogP contribution in [-0.2, 0) is 0 Å². The summed E-state index contributed by atoms with van der Waals surface area (Å²) in [6, 6.07) is 0. The summed E-state index contributed by atoms with van der Waals surface area (Å²) in [5, 5.41) is 0. The Labute approximate surface area is 117 Å². The Hall–Kier alpha value is 0. The normalized spacial score (nSPS) is 19.5. The molecule has 0 unspecified atom stereocenters. The van der Waals surface area contributed by atoms with Crippen molar-refractivity contribution in [2.45, 2.75) is 111 Å². The molecule has 18 heavy (non-hydrogen) atoms. The van der Waals surface area contributed by atoms with Crippen LogP contribution in [0.2, 0.25) is 0 Å². The molecule has 2 aliphatic rings. The van der Waals surface area contributed by atoms with Crippen LogP contribution in [0, 0.1) is 5.92 Å². The van der Waals surface area contributed by atoms with E-state index >= 15 is 0 Å². The van der Waals surface area contributed by atoms with Gasteiger partial charge < -0.3 is 0 Å². The van der Waals surface area contributed by atoms with Gasteiger partial charge >= 0.3 is 0 Å². The largest absolute Gasteiger partial charge is 0.0654 e. The van der Waals surface area contributed by atoms with E-state index < -0.39 is 0 Å². The fourth-order valence-electron chi connectivity index (χ4n) is 2.69. The first kappa shape index (κ1) is 18.0. The third-order valence-electron chi connectivity index (χ3n) is 4.10. The molecule has 0 radical (unpaired) electrons. The summed E-state index contributed by atoms with van der Waals surface area (Å²) in [6.07, 6.45) is 20.5. The zero-order valence-electron chi connectivity index (χ0n) is 13.5. The van der Waals surface area contributed by atoms with Gasteiger partial charge in [-0.2, -0.15) is 0 Å². The van der Waals surface area contributed by atoms with Crippen molar-refractivity contribution in [3.8, 4) is 0 Å². The van der Waals surface area contributed by atoms with Crippen LogP contribution in [0.4, 0.5) is 0 Å². The second kappa shape index (κ2) is 15.1. The number of hydrogen-bond acceptors (Lipinski definition) is 0. The number of rotatable bonds is 3. The second-order valence-corrected chi connectivity index (χ2v) is 6.22. The monoisotopic (exact) mass is 254 g/mol. The summed E-state index contributed by atoms with van der Waals surface area (Å²) in [6.45, 7) is 6.80. The van der Waals surface area contributed by atoms with E-state index in [0.29, 0.717) is 0 Å². The lowest BCUT2D eigenvalue weighted by atomic mass is 10.0. The molecule has 2 aliphatic carbocycles. The molecule has 0 aromatic heterocycles. The SMILES string of the molecule is C1CCCCC1.CC1CCCC1.CCCCCC. The highest BCUT2D eigenvalue weighted by Crippen LogP contribution is 2.22. The van der Waals surface area contributed by atoms with Gasteiger partial charge in [0.25, 0.3) is 0 Å². The molecule has 2 saturated carbocycles. The molecule has 0 heteroatoms. The Bertz CT molecular complexity index is 113. The van der Waals surface area contributed by atoms with E-state index in [0.717, 1.165) is 5.92 Å². The van der Waals surface area contributed by atoms with Crippen LogP contribution in [0.1, 0.15) is 111 Å². The molecule has 0 amide bonds. The van der Waals surface area contributed by atoms with Crippen LogP contribution in [0.3, 0.4) is 0 Å². The minimum absolute atomic E-state index is 1.05. The average molecular weight is 255 g/mol. The van der Waals surface area contributed by atoms with Crippen molar-refractivity contribution in [2.24, 2.45) is 5.92 Å². The molecule has 0 aromatic rings. The highest BCUT2D eigenvalue weighted by atomic mass is 14.1. The van der Waals surface area contributed by atoms with Crippen molar-refractivity contribution in [1.29, 1.82) is 0 Å². The molecular weight excluding hydrogens is 216 g/mol. The zero-order chi connectivity index (χ0) is 13.5. The number of hydrogen-bond donors (Lipinski definition) is 0. The maximum absolute atomic E-state index is 2.34. The molecule has 0 aliphatic heterocycles. The van der Waals surface area contributed by atoms with Gasteiger partial charge in [0.1, 0.15) is 0 Å². The first-order chi connectivity index (χ1) is 8.81. The van der Waals surface area contributed by atoms with Gasteiger partial charge in [-0.25, -0.2) is 0 Å². The van der Waals surface area contributed by atoms with Crippen molar-refractivity contribution < 1.29 is 0 Å². The van der Waals surface area contributed by atoms with E-state index in [9.17, 15) is 0 Å². The summed E-state index contributed by atoms with van der Waals surface area (Å²) in [5.41, 5.74) is 0. The van der Waals surface area contributed by atoms with Gasteiger partial charge in [-0.15, -0.1) is 0 Å². The molecule has 0 bridgehead atoms. The van der Waals surface area contributed by atoms with Gasteiger partial charge in [-0.3, -0.25) is 0 Å². The molecule has 0 spiro atoms. The Morgan fingerprint density at radius 3 is 1.11 bits per heavy atom. The van der Waals surface area contributed by atoms with Gasteiger partial charge in [-0.05, 0) is 5.92 Å². The lowest BCUT2D eigenvalue weighted by molar-refractivity contribution is 0.504. The highest BCUT2D eigenvalue weighted by Gasteiger charge is 2.07. The topological polar surface area (TPSA) is 0 Å². The van der Waals surface area contributed by atoms with Gasteiger partial charge in [0, 0.05) is 0 Å². The molecule has 110 valence electrons. The Morgan fingerprint density at radius 2 is 0.944 bits per heavy atom. The highest BCUT2D eigenvalue weighted by molar-refractivity contribution is 4.60. The Balaban J connectivity index is 0.000000241. The minimum Gasteiger partial charge on any atom is -0.0654 e. The average Bonchev–Trinajstić information content (AvgIpc) is 2.91. The molecule has 0 nitrogen and oxygen atoms in total. The van der Waals surface area contributed by atoms with Crippen molar-refractivity contribution in [2.75, 3.05) is 0 Å². The van der Waals surface area contributed by atoms with Gasteiger partial charge in [0.15, 0.2) is 0 Å². The molecule has 0 heterocycles. The van der Waals surface area contributed by atoms with Crippen LogP contribution >= 0.6 is 0 Å². The van der Waals surface area contributed by atoms with Crippen LogP contribution in [0.25, 0.3) is 0 Å². The van der Waals surface area contributed by atoms with Crippen LogP contribution in [0.15, 0.2) is 0 Å². The molecule has 0 aromatic carbocycles. The van der Waals surface area contributed by atoms with Crippen molar-refractivity contribution >= 4 is 0 Å². The maximum Gasteiger partial charge on any atom is -0.0443 e. The standard InChI is InChI=1S/2C6H12.C6H14/c1-6-4-2-3-5-6;1-2-4-6-5-3-1;1-3-5-6-4-2/h6H,2-5H2,1H3;1-6H2;3-6H2,1-2H3. The molecule has 0 atom stereocenters. The third-order valence-corrected chi connectivity index (χ3v) is 4.10. The summed E-state index contributed by atoms with van der Waals surface area (Å²) in [4.78, 5) is 0. The van der Waals surface area contributed by atoms with E-state index in [1.807, 2.05) is 0 Å². The van der Waals surface area contributed by atoms with Gasteiger partial charge in [0.05, 0.1) is 0 Å². The van der Waals surface area contributed by atoms with Crippen molar-refractivity contribution in [3.05, 3.63) is 0 Å². The van der Waals surface area contributed by atoms with E-state index in [1.54, 1.807) is 0 Å². The molecule has 0 saturated heterocycles. The van der Waals surface area contributed by atoms with Crippen LogP contribution in [0.5, 0.6) is 0 Å². The molecular formula is C18H38. The van der Waals surface area contributed by atoms with Crippen LogP contribution < -0.4 is 0 Å². The predicted molar refractivity (Wildman–Crippen MR) is 85.2 cm³/mol. The van der Waals surface area contributed by atoms with E-state index in [-0.39, 0.29) is 0 Å². The summed E-state index contributed by atoms with van der Waals surface area (Å²) in [7, 11) is 0. The fraction of sp³-hybridized carbons (Fsp3) is 1.00. The minimum atomic E-state index is 1.05. The lowest BCUT2D eigenvalue weighted by Crippen LogP contribution is -1.85. The van der Waals surface area contributed by atoms with Crippen LogP contribution in [-0.4, -0.2) is 0 Å². The Morgan fingerprint density at radius 1 is 0.611 bits per heavy atom. The fourth-order valence-corrected chi connectivity index (χ4v) is 2.69. The maximum atomic E-state index is 2.34. The predicted octanol–water partition coefficient (Wildman–Crippen LogP) is 7.12. The first-order valence-electron chi connectivity index (χ1n) is 8.81. The Kier molecular flexibility index (Phi) is 15.1. The van der Waals surface area contributed by atoms with E-state index in [4.69, 9.17) is 0 Å². The molecule has 2 fully saturated rings. The van der Waals surface area contributed by atoms with Crippen molar-refractivity contribution in [1.82, 2.24) is 0 Å². The van der Waals surface area contributed by atoms with E-state index in [2.05, 4.69) is 20.8 Å². The quantitative estimate of drug-likeness (QED) is 0.470. The summed E-state index contributed by atoms with van der Waals surface area (Å²) in [5.74, 6) is 1.05. The smallest absolute Gasteiger partial charge is 0.0443 e. The number of unbranched alkanes of at least 4 members (excludes halogenated alkanes) is 3. The second-order valence-electron chi connectivity index (χ2n) is 6.22. The zero-order valence-corrected chi connectivity index (χ0v) is 13.5. The lowest BCUT2D eigenvalue weighted by Gasteiger charge is -2.05. The van der Waals surface area contributed by atoms with Gasteiger partial charge in [0.2, 0.25) is 0 Å².